The SMILES string of the molecule is O=C(c1cc(O)ccc1O)N1CCC(OCCCl)CC1. The molecule has 2 N–H and O–H groups in total. The van der Waals surface area contributed by atoms with Crippen LogP contribution < -0.4 is 0 Å². The molecule has 0 aromatic heterocycles. The molecule has 0 spiro atoms. The Bertz CT molecular complexity index is 472. The van der Waals surface area contributed by atoms with Crippen LogP contribution in [0.15, 0.2) is 18.2 Å². The van der Waals surface area contributed by atoms with Crippen molar-refractivity contribution in [2.75, 3.05) is 25.6 Å². The second-order valence-electron chi connectivity index (χ2n) is 4.75. The average Bonchev–Trinajstić information content (AvgIpc) is 2.47. The molecule has 1 saturated heterocycles. The lowest BCUT2D eigenvalue weighted by atomic mass is 10.1. The first kappa shape index (κ1) is 14.9. The maximum atomic E-state index is 12.3. The zero-order valence-electron chi connectivity index (χ0n) is 11.1. The number of benzene rings is 1. The molecule has 0 unspecified atom stereocenters. The molecule has 20 heavy (non-hydrogen) atoms. The van der Waals surface area contributed by atoms with E-state index in [9.17, 15) is 15.0 Å². The van der Waals surface area contributed by atoms with Crippen LogP contribution in [0.25, 0.3) is 0 Å². The molecule has 6 heteroatoms. The molecule has 0 radical (unpaired) electrons. The van der Waals surface area contributed by atoms with Crippen LogP contribution in [0.2, 0.25) is 0 Å². The number of hydrogen-bond acceptors (Lipinski definition) is 4. The molecule has 0 atom stereocenters. The number of alkyl halides is 1. The quantitative estimate of drug-likeness (QED) is 0.658. The third kappa shape index (κ3) is 3.55. The first-order valence-electron chi connectivity index (χ1n) is 6.60. The summed E-state index contributed by atoms with van der Waals surface area (Å²) in [6.45, 7) is 1.66. The molecular formula is C14H18ClNO4. The van der Waals surface area contributed by atoms with Gasteiger partial charge in [0, 0.05) is 19.0 Å². The molecule has 1 fully saturated rings. The van der Waals surface area contributed by atoms with E-state index in [1.807, 2.05) is 0 Å². The van der Waals surface area contributed by atoms with Crippen molar-refractivity contribution < 1.29 is 19.7 Å². The predicted octanol–water partition coefficient (Wildman–Crippen LogP) is 1.96. The Kier molecular flexibility index (Phi) is 5.09. The third-order valence-corrected chi connectivity index (χ3v) is 3.52. The molecule has 1 aromatic rings. The Hall–Kier alpha value is -1.46. The summed E-state index contributed by atoms with van der Waals surface area (Å²) in [5, 5.41) is 19.1. The summed E-state index contributed by atoms with van der Waals surface area (Å²) in [6, 6.07) is 3.95. The van der Waals surface area contributed by atoms with Gasteiger partial charge in [0.1, 0.15) is 11.5 Å². The summed E-state index contributed by atoms with van der Waals surface area (Å²) in [5.41, 5.74) is 0.130. The summed E-state index contributed by atoms with van der Waals surface area (Å²) < 4.78 is 5.55. The first-order chi connectivity index (χ1) is 9.61. The van der Waals surface area contributed by atoms with Crippen molar-refractivity contribution in [2.45, 2.75) is 18.9 Å². The number of rotatable bonds is 4. The van der Waals surface area contributed by atoms with E-state index in [1.54, 1.807) is 4.90 Å². The zero-order chi connectivity index (χ0) is 14.5. The smallest absolute Gasteiger partial charge is 0.257 e. The Morgan fingerprint density at radius 3 is 2.70 bits per heavy atom. The molecule has 1 aliphatic rings. The summed E-state index contributed by atoms with van der Waals surface area (Å²) in [6.07, 6.45) is 1.64. The highest BCUT2D eigenvalue weighted by Gasteiger charge is 2.25. The van der Waals surface area contributed by atoms with Gasteiger partial charge in [0.15, 0.2) is 0 Å². The Labute approximate surface area is 122 Å². The molecule has 5 nitrogen and oxygen atoms in total. The highest BCUT2D eigenvalue weighted by molar-refractivity contribution is 6.17. The summed E-state index contributed by atoms with van der Waals surface area (Å²) in [4.78, 5) is 13.9. The molecule has 1 heterocycles. The van der Waals surface area contributed by atoms with Crippen molar-refractivity contribution in [1.82, 2.24) is 4.90 Å². The molecule has 0 aliphatic carbocycles. The van der Waals surface area contributed by atoms with Gasteiger partial charge in [-0.25, -0.2) is 0 Å². The number of phenolic OH excluding ortho intramolecular Hbond substituents is 2. The minimum absolute atomic E-state index is 0.0357. The lowest BCUT2D eigenvalue weighted by Gasteiger charge is -2.32. The predicted molar refractivity (Wildman–Crippen MR) is 75.4 cm³/mol. The molecule has 1 aromatic carbocycles. The van der Waals surface area contributed by atoms with Gasteiger partial charge in [0.2, 0.25) is 0 Å². The normalized spacial score (nSPS) is 16.4. The monoisotopic (exact) mass is 299 g/mol. The fourth-order valence-electron chi connectivity index (χ4n) is 2.30. The topological polar surface area (TPSA) is 70.0 Å². The standard InChI is InChI=1S/C14H18ClNO4/c15-5-8-20-11-3-6-16(7-4-11)14(19)12-9-10(17)1-2-13(12)18/h1-2,9,11,17-18H,3-8H2. The molecule has 110 valence electrons. The van der Waals surface area contributed by atoms with Crippen LogP contribution in [0.4, 0.5) is 0 Å². The number of halogens is 1. The number of aromatic hydroxyl groups is 2. The van der Waals surface area contributed by atoms with E-state index in [-0.39, 0.29) is 29.1 Å². The van der Waals surface area contributed by atoms with Crippen LogP contribution in [0.3, 0.4) is 0 Å². The molecule has 1 aliphatic heterocycles. The molecular weight excluding hydrogens is 282 g/mol. The summed E-state index contributed by atoms with van der Waals surface area (Å²) in [5.74, 6) is 0.0463. The van der Waals surface area contributed by atoms with Crippen LogP contribution in [-0.2, 0) is 4.74 Å². The van der Waals surface area contributed by atoms with E-state index in [1.165, 1.54) is 18.2 Å². The van der Waals surface area contributed by atoms with Crippen molar-refractivity contribution in [3.8, 4) is 11.5 Å². The molecule has 0 saturated carbocycles. The Morgan fingerprint density at radius 1 is 1.35 bits per heavy atom. The number of hydrogen-bond donors (Lipinski definition) is 2. The van der Waals surface area contributed by atoms with Gasteiger partial charge in [0.05, 0.1) is 18.3 Å². The van der Waals surface area contributed by atoms with Crippen molar-refractivity contribution in [2.24, 2.45) is 0 Å². The van der Waals surface area contributed by atoms with Crippen LogP contribution in [0, 0.1) is 0 Å². The third-order valence-electron chi connectivity index (χ3n) is 3.37. The molecule has 1 amide bonds. The van der Waals surface area contributed by atoms with E-state index in [4.69, 9.17) is 16.3 Å². The Balaban J connectivity index is 1.96. The highest BCUT2D eigenvalue weighted by atomic mass is 35.5. The van der Waals surface area contributed by atoms with Crippen LogP contribution in [-0.4, -0.2) is 52.7 Å². The van der Waals surface area contributed by atoms with Gasteiger partial charge in [-0.3, -0.25) is 4.79 Å². The fraction of sp³-hybridized carbons (Fsp3) is 0.500. The van der Waals surface area contributed by atoms with Gasteiger partial charge >= 0.3 is 0 Å². The summed E-state index contributed by atoms with van der Waals surface area (Å²) >= 11 is 5.57. The van der Waals surface area contributed by atoms with Crippen molar-refractivity contribution >= 4 is 17.5 Å². The Morgan fingerprint density at radius 2 is 2.05 bits per heavy atom. The maximum absolute atomic E-state index is 12.3. The average molecular weight is 300 g/mol. The number of nitrogens with zero attached hydrogens (tertiary/aromatic N) is 1. The van der Waals surface area contributed by atoms with Crippen LogP contribution in [0.5, 0.6) is 11.5 Å². The van der Waals surface area contributed by atoms with Gasteiger partial charge in [-0.15, -0.1) is 11.6 Å². The second kappa shape index (κ2) is 6.81. The van der Waals surface area contributed by atoms with E-state index < -0.39 is 0 Å². The van der Waals surface area contributed by atoms with Gasteiger partial charge < -0.3 is 19.8 Å². The zero-order valence-corrected chi connectivity index (χ0v) is 11.8. The lowest BCUT2D eigenvalue weighted by molar-refractivity contribution is 0.0153. The number of carbonyl (C=O) groups excluding carboxylic acids is 1. The van der Waals surface area contributed by atoms with Crippen LogP contribution >= 0.6 is 11.6 Å². The minimum atomic E-state index is -0.269. The fourth-order valence-corrected chi connectivity index (χ4v) is 2.39. The maximum Gasteiger partial charge on any atom is 0.257 e. The largest absolute Gasteiger partial charge is 0.508 e. The highest BCUT2D eigenvalue weighted by Crippen LogP contribution is 2.25. The number of likely N-dealkylation sites (tertiary alicyclic amines) is 1. The number of carbonyl (C=O) groups is 1. The minimum Gasteiger partial charge on any atom is -0.508 e. The second-order valence-corrected chi connectivity index (χ2v) is 5.13. The van der Waals surface area contributed by atoms with Crippen molar-refractivity contribution in [3.63, 3.8) is 0 Å². The van der Waals surface area contributed by atoms with Gasteiger partial charge in [-0.2, -0.15) is 0 Å². The number of amides is 1. The molecule has 0 bridgehead atoms. The van der Waals surface area contributed by atoms with E-state index >= 15 is 0 Å². The van der Waals surface area contributed by atoms with Crippen molar-refractivity contribution in [1.29, 1.82) is 0 Å². The van der Waals surface area contributed by atoms with E-state index in [0.717, 1.165) is 12.8 Å². The van der Waals surface area contributed by atoms with E-state index in [2.05, 4.69) is 0 Å². The summed E-state index contributed by atoms with van der Waals surface area (Å²) in [7, 11) is 0. The molecule has 2 rings (SSSR count). The van der Waals surface area contributed by atoms with E-state index in [0.29, 0.717) is 25.6 Å². The number of piperidine rings is 1. The van der Waals surface area contributed by atoms with Gasteiger partial charge in [0.25, 0.3) is 5.91 Å². The first-order valence-corrected chi connectivity index (χ1v) is 7.14. The number of phenols is 2. The van der Waals surface area contributed by atoms with Crippen LogP contribution in [0.1, 0.15) is 23.2 Å². The lowest BCUT2D eigenvalue weighted by Crippen LogP contribution is -2.41. The van der Waals surface area contributed by atoms with Crippen molar-refractivity contribution in [3.05, 3.63) is 23.8 Å². The van der Waals surface area contributed by atoms with Gasteiger partial charge in [-0.1, -0.05) is 0 Å². The number of ether oxygens (including phenoxy) is 1. The van der Waals surface area contributed by atoms with Gasteiger partial charge in [-0.05, 0) is 31.0 Å².